The molecule has 0 aliphatic carbocycles. The monoisotopic (exact) mass is 615 g/mol. The van der Waals surface area contributed by atoms with E-state index in [1.807, 2.05) is 0 Å². The van der Waals surface area contributed by atoms with Gasteiger partial charge >= 0.3 is 0 Å². The Labute approximate surface area is 257 Å². The Morgan fingerprint density at radius 3 is 1.00 bits per heavy atom. The topological polar surface area (TPSA) is 9.23 Å². The molecule has 236 valence electrons. The Morgan fingerprint density at radius 1 is 0.385 bits per heavy atom. The largest absolute Gasteiger partial charge is 0.379 e. The smallest absolute Gasteiger partial charge is 0.0547 e. The van der Waals surface area contributed by atoms with Crippen LogP contribution in [-0.2, 0) is 4.74 Å². The molecule has 39 heavy (non-hydrogen) atoms. The molecule has 1 nitrogen and oxygen atoms in total. The summed E-state index contributed by atoms with van der Waals surface area (Å²) >= 11 is 3.52. The van der Waals surface area contributed by atoms with Crippen LogP contribution in [-0.4, -0.2) is 18.0 Å². The molecule has 0 aliphatic heterocycles. The number of hydrogen-bond acceptors (Lipinski definition) is 1. The molecule has 0 saturated heterocycles. The molecule has 0 heterocycles. The highest BCUT2D eigenvalue weighted by atomic mass is 79.9. The van der Waals surface area contributed by atoms with Crippen molar-refractivity contribution < 1.29 is 4.74 Å². The Bertz CT molecular complexity index is 412. The molecule has 0 fully saturated rings. The third-order valence-electron chi connectivity index (χ3n) is 8.64. The highest BCUT2D eigenvalue weighted by Gasteiger charge is 2.02. The van der Waals surface area contributed by atoms with Crippen LogP contribution in [0, 0.1) is 0 Å². The van der Waals surface area contributed by atoms with E-state index in [1.54, 1.807) is 0 Å². The normalized spacial score (nSPS) is 12.4. The average molecular weight is 616 g/mol. The van der Waals surface area contributed by atoms with Gasteiger partial charge in [0.15, 0.2) is 0 Å². The molecule has 0 aromatic carbocycles. The van der Waals surface area contributed by atoms with Gasteiger partial charge in [-0.25, -0.2) is 0 Å². The van der Waals surface area contributed by atoms with E-state index in [2.05, 4.69) is 29.8 Å². The third-order valence-corrected chi connectivity index (χ3v) is 9.21. The molecule has 0 bridgehead atoms. The van der Waals surface area contributed by atoms with Gasteiger partial charge in [0.1, 0.15) is 0 Å². The lowest BCUT2D eigenvalue weighted by Gasteiger charge is -2.13. The van der Waals surface area contributed by atoms with E-state index in [9.17, 15) is 0 Å². The van der Waals surface area contributed by atoms with Gasteiger partial charge in [0.05, 0.1) is 6.10 Å². The summed E-state index contributed by atoms with van der Waals surface area (Å²) in [5.74, 6) is 0. The Morgan fingerprint density at radius 2 is 0.667 bits per heavy atom. The van der Waals surface area contributed by atoms with E-state index in [-0.39, 0.29) is 0 Å². The van der Waals surface area contributed by atoms with Gasteiger partial charge < -0.3 is 4.74 Å². The van der Waals surface area contributed by atoms with E-state index < -0.39 is 0 Å². The molecule has 0 amide bonds. The van der Waals surface area contributed by atoms with Crippen LogP contribution >= 0.6 is 15.9 Å². The maximum atomic E-state index is 6.02. The summed E-state index contributed by atoms with van der Waals surface area (Å²) in [5, 5.41) is 1.18. The minimum absolute atomic E-state index is 0.466. The van der Waals surface area contributed by atoms with E-state index in [1.165, 1.54) is 211 Å². The zero-order valence-electron chi connectivity index (χ0n) is 27.4. The molecule has 0 aliphatic rings. The lowest BCUT2D eigenvalue weighted by molar-refractivity contribution is 0.0557. The van der Waals surface area contributed by atoms with Crippen LogP contribution in [0.3, 0.4) is 0 Å². The van der Waals surface area contributed by atoms with Crippen molar-refractivity contribution in [1.29, 1.82) is 0 Å². The van der Waals surface area contributed by atoms with Gasteiger partial charge in [-0.3, -0.25) is 0 Å². The number of halogens is 1. The minimum atomic E-state index is 0.466. The lowest BCUT2D eigenvalue weighted by Crippen LogP contribution is -2.09. The van der Waals surface area contributed by atoms with Gasteiger partial charge in [-0.1, -0.05) is 209 Å². The standard InChI is InChI=1S/C37H75BrO/c1-3-4-5-6-27-30-33-36-39-37(2)34-31-28-25-23-21-19-17-15-13-11-9-7-8-10-12-14-16-18-20-22-24-26-29-32-35-38/h37H,3-36H2,1-2H3. The summed E-state index contributed by atoms with van der Waals surface area (Å²) in [6, 6.07) is 0. The second kappa shape index (κ2) is 36.5. The first kappa shape index (κ1) is 39.4. The Balaban J connectivity index is 3.10. The van der Waals surface area contributed by atoms with Crippen LogP contribution in [0.15, 0.2) is 0 Å². The molecule has 0 spiro atoms. The first-order chi connectivity index (χ1) is 19.3. The van der Waals surface area contributed by atoms with Gasteiger partial charge in [0.25, 0.3) is 0 Å². The molecule has 0 aromatic heterocycles. The molecule has 0 saturated carbocycles. The SMILES string of the molecule is CCCCCCCCCOC(C)CCCCCCCCCCCCCCCCCCCCCCCCCCBr. The van der Waals surface area contributed by atoms with Crippen molar-refractivity contribution in [2.24, 2.45) is 0 Å². The number of alkyl halides is 1. The fourth-order valence-electron chi connectivity index (χ4n) is 5.84. The summed E-state index contributed by atoms with van der Waals surface area (Å²) < 4.78 is 6.02. The summed E-state index contributed by atoms with van der Waals surface area (Å²) in [6.07, 6.45) is 46.3. The molecule has 2 heteroatoms. The molecule has 0 rings (SSSR count). The van der Waals surface area contributed by atoms with E-state index in [0.29, 0.717) is 6.10 Å². The van der Waals surface area contributed by atoms with Crippen LogP contribution in [0.1, 0.15) is 219 Å². The van der Waals surface area contributed by atoms with Crippen LogP contribution < -0.4 is 0 Å². The van der Waals surface area contributed by atoms with Gasteiger partial charge in [-0.05, 0) is 26.2 Å². The number of hydrogen-bond donors (Lipinski definition) is 0. The third kappa shape index (κ3) is 36.4. The zero-order chi connectivity index (χ0) is 28.3. The Hall–Kier alpha value is 0.440. The molecule has 0 aromatic rings. The fraction of sp³-hybridized carbons (Fsp3) is 1.00. The second-order valence-electron chi connectivity index (χ2n) is 12.8. The quantitative estimate of drug-likeness (QED) is 0.0509. The maximum Gasteiger partial charge on any atom is 0.0547 e. The van der Waals surface area contributed by atoms with Crippen LogP contribution in [0.4, 0.5) is 0 Å². The summed E-state index contributed by atoms with van der Waals surface area (Å²) in [4.78, 5) is 0. The number of ether oxygens (including phenoxy) is 1. The first-order valence-corrected chi connectivity index (χ1v) is 19.6. The predicted octanol–water partition coefficient (Wildman–Crippen LogP) is 14.3. The van der Waals surface area contributed by atoms with Crippen molar-refractivity contribution in [1.82, 2.24) is 0 Å². The van der Waals surface area contributed by atoms with Crippen molar-refractivity contribution in [2.75, 3.05) is 11.9 Å². The summed E-state index contributed by atoms with van der Waals surface area (Å²) in [7, 11) is 0. The first-order valence-electron chi connectivity index (χ1n) is 18.5. The van der Waals surface area contributed by atoms with Crippen LogP contribution in [0.2, 0.25) is 0 Å². The average Bonchev–Trinajstić information content (AvgIpc) is 2.94. The van der Waals surface area contributed by atoms with Crippen molar-refractivity contribution in [3.05, 3.63) is 0 Å². The van der Waals surface area contributed by atoms with E-state index >= 15 is 0 Å². The highest BCUT2D eigenvalue weighted by molar-refractivity contribution is 9.09. The maximum absolute atomic E-state index is 6.02. The van der Waals surface area contributed by atoms with E-state index in [0.717, 1.165) is 6.61 Å². The van der Waals surface area contributed by atoms with Crippen molar-refractivity contribution in [3.8, 4) is 0 Å². The summed E-state index contributed by atoms with van der Waals surface area (Å²) in [5.41, 5.74) is 0. The molecule has 0 radical (unpaired) electrons. The predicted molar refractivity (Wildman–Crippen MR) is 183 cm³/mol. The molecular formula is C37H75BrO. The van der Waals surface area contributed by atoms with Crippen molar-refractivity contribution >= 4 is 15.9 Å². The molecular weight excluding hydrogens is 540 g/mol. The molecule has 0 N–H and O–H groups in total. The number of unbranched alkanes of at least 4 members (excludes halogenated alkanes) is 29. The minimum Gasteiger partial charge on any atom is -0.379 e. The lowest BCUT2D eigenvalue weighted by atomic mass is 10.0. The van der Waals surface area contributed by atoms with Gasteiger partial charge in [0.2, 0.25) is 0 Å². The zero-order valence-corrected chi connectivity index (χ0v) is 29.0. The summed E-state index contributed by atoms with van der Waals surface area (Å²) in [6.45, 7) is 5.55. The highest BCUT2D eigenvalue weighted by Crippen LogP contribution is 2.16. The fourth-order valence-corrected chi connectivity index (χ4v) is 6.24. The molecule has 1 atom stereocenters. The van der Waals surface area contributed by atoms with Crippen LogP contribution in [0.25, 0.3) is 0 Å². The Kier molecular flexibility index (Phi) is 36.9. The van der Waals surface area contributed by atoms with Gasteiger partial charge in [0, 0.05) is 11.9 Å². The van der Waals surface area contributed by atoms with Gasteiger partial charge in [-0.2, -0.15) is 0 Å². The van der Waals surface area contributed by atoms with E-state index in [4.69, 9.17) is 4.74 Å². The second-order valence-corrected chi connectivity index (χ2v) is 13.6. The van der Waals surface area contributed by atoms with Gasteiger partial charge in [-0.15, -0.1) is 0 Å². The number of rotatable bonds is 35. The van der Waals surface area contributed by atoms with Crippen LogP contribution in [0.5, 0.6) is 0 Å². The van der Waals surface area contributed by atoms with Crippen molar-refractivity contribution in [2.45, 2.75) is 225 Å². The van der Waals surface area contributed by atoms with Crippen molar-refractivity contribution in [3.63, 3.8) is 0 Å². The molecule has 1 unspecified atom stereocenters.